The van der Waals surface area contributed by atoms with Gasteiger partial charge in [-0.25, -0.2) is 9.59 Å². The van der Waals surface area contributed by atoms with Gasteiger partial charge in [-0.2, -0.15) is 0 Å². The number of carbonyl (C=O) groups excluding carboxylic acids is 2. The Bertz CT molecular complexity index is 554. The number of esters is 2. The van der Waals surface area contributed by atoms with Gasteiger partial charge in [0.1, 0.15) is 0 Å². The van der Waals surface area contributed by atoms with Gasteiger partial charge in [0.05, 0.1) is 20.0 Å². The standard InChI is InChI=1S/C18H26O5/c1-11-8-7-9-17(3,4)14(11)13-10-12(2)23-18(13,15(19)21-5)16(20)22-6/h8,10,13-14H,7,9H2,1-6H3/t13-,14-/m0/s1. The van der Waals surface area contributed by atoms with E-state index in [4.69, 9.17) is 14.2 Å². The number of hydrogen-bond donors (Lipinski definition) is 0. The van der Waals surface area contributed by atoms with Gasteiger partial charge in [-0.05, 0) is 44.1 Å². The normalized spacial score (nSPS) is 28.3. The third kappa shape index (κ3) is 2.66. The minimum atomic E-state index is -1.76. The minimum absolute atomic E-state index is 0.00750. The predicted molar refractivity (Wildman–Crippen MR) is 85.4 cm³/mol. The zero-order chi connectivity index (χ0) is 17.4. The van der Waals surface area contributed by atoms with E-state index < -0.39 is 23.5 Å². The van der Waals surface area contributed by atoms with Crippen LogP contribution in [0.3, 0.4) is 0 Å². The average molecular weight is 322 g/mol. The molecule has 1 heterocycles. The maximum Gasteiger partial charge on any atom is 0.362 e. The van der Waals surface area contributed by atoms with Crippen molar-refractivity contribution in [1.82, 2.24) is 0 Å². The third-order valence-corrected chi connectivity index (χ3v) is 5.13. The highest BCUT2D eigenvalue weighted by molar-refractivity contribution is 6.05. The van der Waals surface area contributed by atoms with Crippen LogP contribution in [0.15, 0.2) is 23.5 Å². The molecule has 0 spiro atoms. The summed E-state index contributed by atoms with van der Waals surface area (Å²) in [6.45, 7) is 8.12. The molecule has 2 aliphatic rings. The molecule has 0 saturated heterocycles. The first-order valence-corrected chi connectivity index (χ1v) is 7.91. The number of allylic oxidation sites excluding steroid dienone is 3. The van der Waals surface area contributed by atoms with Gasteiger partial charge in [0.2, 0.25) is 0 Å². The lowest BCUT2D eigenvalue weighted by Gasteiger charge is -2.44. The molecule has 0 radical (unpaired) electrons. The molecule has 0 N–H and O–H groups in total. The van der Waals surface area contributed by atoms with Crippen LogP contribution >= 0.6 is 0 Å². The Morgan fingerprint density at radius 3 is 2.22 bits per heavy atom. The van der Waals surface area contributed by atoms with E-state index in [1.165, 1.54) is 14.2 Å². The molecule has 128 valence electrons. The molecule has 0 amide bonds. The summed E-state index contributed by atoms with van der Waals surface area (Å²) in [7, 11) is 2.52. The SMILES string of the molecule is COC(=O)C1(C(=O)OC)OC(C)=C[C@H]1[C@@H]1C(C)=CCCC1(C)C. The molecule has 1 aliphatic heterocycles. The molecule has 0 bridgehead atoms. The van der Waals surface area contributed by atoms with Gasteiger partial charge < -0.3 is 14.2 Å². The molecule has 5 heteroatoms. The van der Waals surface area contributed by atoms with Crippen molar-refractivity contribution in [1.29, 1.82) is 0 Å². The quantitative estimate of drug-likeness (QED) is 0.454. The molecule has 5 nitrogen and oxygen atoms in total. The van der Waals surface area contributed by atoms with Gasteiger partial charge in [0, 0.05) is 5.92 Å². The number of carbonyl (C=O) groups is 2. The molecular weight excluding hydrogens is 296 g/mol. The fourth-order valence-corrected chi connectivity index (χ4v) is 4.14. The van der Waals surface area contributed by atoms with Gasteiger partial charge in [-0.3, -0.25) is 0 Å². The number of hydrogen-bond acceptors (Lipinski definition) is 5. The third-order valence-electron chi connectivity index (χ3n) is 5.13. The molecule has 2 rings (SSSR count). The Labute approximate surface area is 137 Å². The summed E-state index contributed by atoms with van der Waals surface area (Å²) in [4.78, 5) is 25.1. The second kappa shape index (κ2) is 6.02. The Balaban J connectivity index is 2.60. The van der Waals surface area contributed by atoms with Crippen LogP contribution in [0.2, 0.25) is 0 Å². The largest absolute Gasteiger partial charge is 0.468 e. The number of ether oxygens (including phenoxy) is 3. The molecular formula is C18H26O5. The average Bonchev–Trinajstić information content (AvgIpc) is 2.82. The van der Waals surface area contributed by atoms with Crippen LogP contribution in [-0.4, -0.2) is 31.8 Å². The first-order chi connectivity index (χ1) is 10.7. The maximum atomic E-state index is 12.6. The monoisotopic (exact) mass is 322 g/mol. The van der Waals surface area contributed by atoms with E-state index in [0.717, 1.165) is 18.4 Å². The fourth-order valence-electron chi connectivity index (χ4n) is 4.14. The predicted octanol–water partition coefficient (Wildman–Crippen LogP) is 3.00. The van der Waals surface area contributed by atoms with Crippen molar-refractivity contribution < 1.29 is 23.8 Å². The van der Waals surface area contributed by atoms with E-state index in [1.54, 1.807) is 6.92 Å². The number of methoxy groups -OCH3 is 2. The van der Waals surface area contributed by atoms with Gasteiger partial charge in [-0.15, -0.1) is 0 Å². The van der Waals surface area contributed by atoms with Crippen molar-refractivity contribution in [2.24, 2.45) is 17.3 Å². The van der Waals surface area contributed by atoms with Crippen LogP contribution in [0.4, 0.5) is 0 Å². The minimum Gasteiger partial charge on any atom is -0.468 e. The van der Waals surface area contributed by atoms with E-state index >= 15 is 0 Å². The highest BCUT2D eigenvalue weighted by atomic mass is 16.6. The van der Waals surface area contributed by atoms with Gasteiger partial charge in [-0.1, -0.05) is 25.5 Å². The van der Waals surface area contributed by atoms with Gasteiger partial charge in [0.15, 0.2) is 0 Å². The van der Waals surface area contributed by atoms with Crippen LogP contribution in [0, 0.1) is 17.3 Å². The van der Waals surface area contributed by atoms with Gasteiger partial charge >= 0.3 is 17.5 Å². The van der Waals surface area contributed by atoms with Crippen molar-refractivity contribution >= 4 is 11.9 Å². The first-order valence-electron chi connectivity index (χ1n) is 7.91. The summed E-state index contributed by atoms with van der Waals surface area (Å²) >= 11 is 0. The molecule has 0 saturated carbocycles. The van der Waals surface area contributed by atoms with Crippen LogP contribution in [0.5, 0.6) is 0 Å². The van der Waals surface area contributed by atoms with E-state index in [2.05, 4.69) is 19.9 Å². The van der Waals surface area contributed by atoms with E-state index in [1.807, 2.05) is 13.0 Å². The van der Waals surface area contributed by atoms with Crippen LogP contribution in [-0.2, 0) is 23.8 Å². The Hall–Kier alpha value is -1.78. The van der Waals surface area contributed by atoms with Crippen molar-refractivity contribution in [3.8, 4) is 0 Å². The zero-order valence-corrected chi connectivity index (χ0v) is 14.8. The zero-order valence-electron chi connectivity index (χ0n) is 14.8. The Kier molecular flexibility index (Phi) is 4.60. The summed E-state index contributed by atoms with van der Waals surface area (Å²) < 4.78 is 15.6. The van der Waals surface area contributed by atoms with Crippen LogP contribution < -0.4 is 0 Å². The van der Waals surface area contributed by atoms with Crippen molar-refractivity contribution in [2.75, 3.05) is 14.2 Å². The van der Waals surface area contributed by atoms with Crippen LogP contribution in [0.25, 0.3) is 0 Å². The molecule has 0 aromatic carbocycles. The summed E-state index contributed by atoms with van der Waals surface area (Å²) in [5.41, 5.74) is -0.665. The second-order valence-corrected chi connectivity index (χ2v) is 7.08. The van der Waals surface area contributed by atoms with Gasteiger partial charge in [0.25, 0.3) is 0 Å². The molecule has 1 aliphatic carbocycles. The molecule has 0 aromatic heterocycles. The highest BCUT2D eigenvalue weighted by Crippen LogP contribution is 2.52. The Morgan fingerprint density at radius 1 is 1.17 bits per heavy atom. The molecule has 23 heavy (non-hydrogen) atoms. The Morgan fingerprint density at radius 2 is 1.74 bits per heavy atom. The lowest BCUT2D eigenvalue weighted by molar-refractivity contribution is -0.187. The summed E-state index contributed by atoms with van der Waals surface area (Å²) in [5.74, 6) is -1.34. The number of rotatable bonds is 3. The van der Waals surface area contributed by atoms with E-state index in [9.17, 15) is 9.59 Å². The fraction of sp³-hybridized carbons (Fsp3) is 0.667. The second-order valence-electron chi connectivity index (χ2n) is 7.08. The van der Waals surface area contributed by atoms with Crippen molar-refractivity contribution in [3.05, 3.63) is 23.5 Å². The highest BCUT2D eigenvalue weighted by Gasteiger charge is 2.63. The molecule has 0 unspecified atom stereocenters. The lowest BCUT2D eigenvalue weighted by atomic mass is 9.60. The topological polar surface area (TPSA) is 61.8 Å². The first kappa shape index (κ1) is 17.6. The van der Waals surface area contributed by atoms with E-state index in [0.29, 0.717) is 5.76 Å². The maximum absolute atomic E-state index is 12.6. The van der Waals surface area contributed by atoms with Crippen molar-refractivity contribution in [2.45, 2.75) is 46.1 Å². The summed E-state index contributed by atoms with van der Waals surface area (Å²) in [5, 5.41) is 0. The molecule has 0 fully saturated rings. The van der Waals surface area contributed by atoms with Crippen molar-refractivity contribution in [3.63, 3.8) is 0 Å². The summed E-state index contributed by atoms with van der Waals surface area (Å²) in [6, 6.07) is 0. The molecule has 0 aromatic rings. The lowest BCUT2D eigenvalue weighted by Crippen LogP contribution is -2.57. The summed E-state index contributed by atoms with van der Waals surface area (Å²) in [6.07, 6.45) is 6.02. The molecule has 2 atom stereocenters. The van der Waals surface area contributed by atoms with E-state index in [-0.39, 0.29) is 11.3 Å². The smallest absolute Gasteiger partial charge is 0.362 e. The van der Waals surface area contributed by atoms with Crippen LogP contribution in [0.1, 0.15) is 40.5 Å².